The second-order valence-electron chi connectivity index (χ2n) is 5.67. The van der Waals surface area contributed by atoms with Crippen molar-refractivity contribution in [3.05, 3.63) is 35.4 Å². The number of nitriles is 1. The Morgan fingerprint density at radius 2 is 1.83 bits per heavy atom. The third-order valence-corrected chi connectivity index (χ3v) is 4.55. The minimum Gasteiger partial charge on any atom is -0.468 e. The van der Waals surface area contributed by atoms with Crippen LogP contribution < -0.4 is 5.32 Å². The lowest BCUT2D eigenvalue weighted by Crippen LogP contribution is -2.42. The van der Waals surface area contributed by atoms with Crippen molar-refractivity contribution in [3.8, 4) is 6.07 Å². The summed E-state index contributed by atoms with van der Waals surface area (Å²) in [6, 6.07) is 7.43. The first-order chi connectivity index (χ1) is 11.0. The molecule has 0 aromatic heterocycles. The number of carbonyl (C=O) groups is 3. The van der Waals surface area contributed by atoms with Crippen molar-refractivity contribution >= 4 is 17.8 Å². The van der Waals surface area contributed by atoms with Crippen LogP contribution in [0.2, 0.25) is 0 Å². The van der Waals surface area contributed by atoms with Gasteiger partial charge in [-0.25, -0.2) is 0 Å². The zero-order valence-corrected chi connectivity index (χ0v) is 12.6. The Kier molecular flexibility index (Phi) is 3.62. The molecule has 2 aliphatic heterocycles. The number of carbonyl (C=O) groups excluding carboxylic acids is 3. The van der Waals surface area contributed by atoms with Crippen molar-refractivity contribution in [2.45, 2.75) is 12.1 Å². The molecule has 4 unspecified atom stereocenters. The largest absolute Gasteiger partial charge is 0.468 e. The summed E-state index contributed by atoms with van der Waals surface area (Å²) in [5, 5.41) is 11.9. The molecule has 4 atom stereocenters. The number of amides is 2. The van der Waals surface area contributed by atoms with Crippen LogP contribution in [0.5, 0.6) is 0 Å². The van der Waals surface area contributed by atoms with Gasteiger partial charge in [0.1, 0.15) is 6.04 Å². The lowest BCUT2D eigenvalue weighted by Gasteiger charge is -2.19. The molecule has 2 aliphatic rings. The van der Waals surface area contributed by atoms with Gasteiger partial charge in [-0.15, -0.1) is 0 Å². The van der Waals surface area contributed by atoms with Gasteiger partial charge in [0.05, 0.1) is 30.6 Å². The number of esters is 1. The highest BCUT2D eigenvalue weighted by Crippen LogP contribution is 2.43. The summed E-state index contributed by atoms with van der Waals surface area (Å²) in [7, 11) is 2.67. The summed E-state index contributed by atoms with van der Waals surface area (Å²) in [5.74, 6) is -2.66. The van der Waals surface area contributed by atoms with E-state index in [1.54, 1.807) is 24.3 Å². The highest BCUT2D eigenvalue weighted by Gasteiger charge is 2.60. The van der Waals surface area contributed by atoms with Crippen LogP contribution in [0, 0.1) is 23.2 Å². The number of nitrogens with zero attached hydrogens (tertiary/aromatic N) is 2. The molecule has 118 valence electrons. The first-order valence-electron chi connectivity index (χ1n) is 7.15. The van der Waals surface area contributed by atoms with Crippen LogP contribution in [0.3, 0.4) is 0 Å². The Bertz CT molecular complexity index is 722. The van der Waals surface area contributed by atoms with Crippen molar-refractivity contribution in [3.63, 3.8) is 0 Å². The van der Waals surface area contributed by atoms with Crippen LogP contribution in [-0.2, 0) is 19.1 Å². The van der Waals surface area contributed by atoms with Crippen LogP contribution in [0.1, 0.15) is 17.2 Å². The number of hydrogen-bond acceptors (Lipinski definition) is 6. The molecule has 2 saturated heterocycles. The molecule has 0 spiro atoms. The normalized spacial score (nSPS) is 29.3. The molecule has 0 aliphatic carbocycles. The van der Waals surface area contributed by atoms with Crippen LogP contribution in [0.15, 0.2) is 24.3 Å². The van der Waals surface area contributed by atoms with Crippen molar-refractivity contribution in [2.24, 2.45) is 11.8 Å². The second-order valence-corrected chi connectivity index (χ2v) is 5.67. The quantitative estimate of drug-likeness (QED) is 0.608. The first-order valence-corrected chi connectivity index (χ1v) is 7.15. The van der Waals surface area contributed by atoms with Crippen LogP contribution in [-0.4, -0.2) is 42.9 Å². The number of ether oxygens (including phenoxy) is 1. The predicted molar refractivity (Wildman–Crippen MR) is 77.6 cm³/mol. The van der Waals surface area contributed by atoms with E-state index in [0.717, 1.165) is 10.5 Å². The smallest absolute Gasteiger partial charge is 0.323 e. The zero-order chi connectivity index (χ0) is 16.7. The average Bonchev–Trinajstić information content (AvgIpc) is 3.08. The van der Waals surface area contributed by atoms with Crippen molar-refractivity contribution in [1.82, 2.24) is 10.2 Å². The molecule has 23 heavy (non-hydrogen) atoms. The van der Waals surface area contributed by atoms with Crippen LogP contribution in [0.4, 0.5) is 0 Å². The number of fused-ring (bicyclic) bond motifs is 1. The van der Waals surface area contributed by atoms with E-state index in [2.05, 4.69) is 5.32 Å². The maximum Gasteiger partial charge on any atom is 0.323 e. The maximum absolute atomic E-state index is 12.4. The molecule has 1 aromatic carbocycles. The molecule has 0 bridgehead atoms. The Morgan fingerprint density at radius 1 is 1.22 bits per heavy atom. The number of likely N-dealkylation sites (tertiary alicyclic amines) is 1. The molecule has 7 heteroatoms. The summed E-state index contributed by atoms with van der Waals surface area (Å²) in [6.07, 6.45) is 0. The molecule has 2 amide bonds. The van der Waals surface area contributed by atoms with Gasteiger partial charge in [0, 0.05) is 13.1 Å². The molecular formula is C16H15N3O4. The van der Waals surface area contributed by atoms with Gasteiger partial charge in [0.15, 0.2) is 0 Å². The van der Waals surface area contributed by atoms with Gasteiger partial charge >= 0.3 is 5.97 Å². The van der Waals surface area contributed by atoms with Gasteiger partial charge in [-0.3, -0.25) is 24.6 Å². The maximum atomic E-state index is 12.4. The molecule has 3 rings (SSSR count). The SMILES string of the molecule is COC(=O)C1NC(c2ccc(C#N)cc2)C2C(=O)N(C)C(=O)C12. The standard InChI is InChI=1S/C16H15N3O4/c1-19-14(20)10-11(15(19)21)13(16(22)23-2)18-12(10)9-5-3-8(7-17)4-6-9/h3-6,10-13,18H,1-2H3. The highest BCUT2D eigenvalue weighted by atomic mass is 16.5. The predicted octanol–water partition coefficient (Wildman–Crippen LogP) is -0.0248. The number of nitrogens with one attached hydrogen (secondary N) is 1. The van der Waals surface area contributed by atoms with Crippen molar-refractivity contribution in [1.29, 1.82) is 5.26 Å². The zero-order valence-electron chi connectivity index (χ0n) is 12.6. The summed E-state index contributed by atoms with van der Waals surface area (Å²) in [5.41, 5.74) is 1.25. The van der Waals surface area contributed by atoms with E-state index in [-0.39, 0.29) is 11.8 Å². The lowest BCUT2D eigenvalue weighted by molar-refractivity contribution is -0.147. The summed E-state index contributed by atoms with van der Waals surface area (Å²) in [6.45, 7) is 0. The lowest BCUT2D eigenvalue weighted by atomic mass is 9.86. The Morgan fingerprint density at radius 3 is 2.39 bits per heavy atom. The van der Waals surface area contributed by atoms with E-state index >= 15 is 0 Å². The van der Waals surface area contributed by atoms with Crippen molar-refractivity contribution in [2.75, 3.05) is 14.2 Å². The molecular weight excluding hydrogens is 298 g/mol. The third kappa shape index (κ3) is 2.19. The van der Waals surface area contributed by atoms with Gasteiger partial charge in [0.25, 0.3) is 0 Å². The number of imide groups is 1. The van der Waals surface area contributed by atoms with E-state index in [0.29, 0.717) is 5.56 Å². The fourth-order valence-electron chi connectivity index (χ4n) is 3.37. The topological polar surface area (TPSA) is 99.5 Å². The van der Waals surface area contributed by atoms with Crippen molar-refractivity contribution < 1.29 is 19.1 Å². The Balaban J connectivity index is 2.01. The molecule has 7 nitrogen and oxygen atoms in total. The summed E-state index contributed by atoms with van der Waals surface area (Å²) in [4.78, 5) is 37.8. The third-order valence-electron chi connectivity index (χ3n) is 4.55. The minimum absolute atomic E-state index is 0.312. The average molecular weight is 313 g/mol. The van der Waals surface area contributed by atoms with Gasteiger partial charge in [0.2, 0.25) is 11.8 Å². The molecule has 2 heterocycles. The van der Waals surface area contributed by atoms with Gasteiger partial charge in [-0.2, -0.15) is 5.26 Å². The number of hydrogen-bond donors (Lipinski definition) is 1. The minimum atomic E-state index is -0.855. The summed E-state index contributed by atoms with van der Waals surface area (Å²) >= 11 is 0. The monoisotopic (exact) mass is 313 g/mol. The number of methoxy groups -OCH3 is 1. The molecule has 0 saturated carbocycles. The van der Waals surface area contributed by atoms with Gasteiger partial charge in [-0.05, 0) is 17.7 Å². The second kappa shape index (κ2) is 5.48. The van der Waals surface area contributed by atoms with Crippen LogP contribution in [0.25, 0.3) is 0 Å². The Labute approximate surface area is 132 Å². The first kappa shape index (κ1) is 15.2. The molecule has 2 fully saturated rings. The molecule has 1 N–H and O–H groups in total. The van der Waals surface area contributed by atoms with E-state index in [1.807, 2.05) is 6.07 Å². The summed E-state index contributed by atoms with van der Waals surface area (Å²) < 4.78 is 4.76. The fraction of sp³-hybridized carbons (Fsp3) is 0.375. The molecule has 0 radical (unpaired) electrons. The Hall–Kier alpha value is -2.72. The van der Waals surface area contributed by atoms with E-state index < -0.39 is 29.9 Å². The van der Waals surface area contributed by atoms with Gasteiger partial charge in [-0.1, -0.05) is 12.1 Å². The fourth-order valence-corrected chi connectivity index (χ4v) is 3.37. The number of benzene rings is 1. The van der Waals surface area contributed by atoms with Gasteiger partial charge < -0.3 is 4.74 Å². The van der Waals surface area contributed by atoms with Crippen LogP contribution >= 0.6 is 0 Å². The van der Waals surface area contributed by atoms with E-state index in [9.17, 15) is 14.4 Å². The number of rotatable bonds is 2. The highest BCUT2D eigenvalue weighted by molar-refractivity contribution is 6.08. The molecule has 1 aromatic rings. The van der Waals surface area contributed by atoms with E-state index in [4.69, 9.17) is 10.00 Å². The van der Waals surface area contributed by atoms with E-state index in [1.165, 1.54) is 14.2 Å².